The minimum atomic E-state index is -4.73. The number of carbonyl (C=O) groups excluding carboxylic acids is 2. The van der Waals surface area contributed by atoms with Crippen LogP contribution in [0, 0.1) is 0 Å². The highest BCUT2D eigenvalue weighted by Gasteiger charge is 2.27. The zero-order valence-corrected chi connectivity index (χ0v) is 51.7. The summed E-state index contributed by atoms with van der Waals surface area (Å²) in [7, 11) is 1.12. The Morgan fingerprint density at radius 2 is 0.833 bits per heavy atom. The molecule has 0 fully saturated rings. The minimum absolute atomic E-state index is 0.0413. The van der Waals surface area contributed by atoms with Gasteiger partial charge in [-0.25, -0.2) is 0 Å². The SMILES string of the molecule is CC/C=C\C/C=C\C/C=C\C/C=C\C/C=C\C/C=C\CCC(=O)OC(/C=C/CCCCCCCCCCCC)C(COP(=O)([O-])OCC[N+](C)(C)C)NC(=O)CCCCCCCCCC/C=C\C/C=C\C/C=C\CCCCC. The Labute approximate surface area is 480 Å². The third-order valence-corrected chi connectivity index (χ3v) is 14.1. The topological polar surface area (TPSA) is 114 Å². The van der Waals surface area contributed by atoms with Crippen LogP contribution in [-0.2, 0) is 27.9 Å². The average molecular weight is 1110 g/mol. The first-order valence-corrected chi connectivity index (χ1v) is 32.8. The highest BCUT2D eigenvalue weighted by atomic mass is 31.2. The Morgan fingerprint density at radius 1 is 0.462 bits per heavy atom. The number of nitrogens with one attached hydrogen (secondary N) is 1. The first-order chi connectivity index (χ1) is 37.9. The molecule has 0 bridgehead atoms. The van der Waals surface area contributed by atoms with E-state index < -0.39 is 32.5 Å². The highest BCUT2D eigenvalue weighted by Crippen LogP contribution is 2.38. The molecule has 0 aromatic heterocycles. The van der Waals surface area contributed by atoms with Gasteiger partial charge in [-0.2, -0.15) is 0 Å². The van der Waals surface area contributed by atoms with Crippen LogP contribution in [0.3, 0.4) is 0 Å². The van der Waals surface area contributed by atoms with Crippen molar-refractivity contribution in [3.05, 3.63) is 122 Å². The number of phosphoric acid groups is 1. The molecule has 10 heteroatoms. The van der Waals surface area contributed by atoms with Crippen LogP contribution in [0.25, 0.3) is 0 Å². The fourth-order valence-corrected chi connectivity index (χ4v) is 9.04. The number of unbranched alkanes of at least 4 members (excludes halogenated alkanes) is 21. The normalized spacial score (nSPS) is 14.5. The molecule has 1 N–H and O–H groups in total. The lowest BCUT2D eigenvalue weighted by Crippen LogP contribution is -2.47. The Hall–Kier alpha value is -3.59. The van der Waals surface area contributed by atoms with E-state index in [0.717, 1.165) is 96.3 Å². The molecule has 0 aliphatic carbocycles. The van der Waals surface area contributed by atoms with Gasteiger partial charge in [0.25, 0.3) is 7.82 Å². The van der Waals surface area contributed by atoms with Gasteiger partial charge in [0.2, 0.25) is 5.91 Å². The van der Waals surface area contributed by atoms with Crippen LogP contribution < -0.4 is 10.2 Å². The molecule has 9 nitrogen and oxygen atoms in total. The van der Waals surface area contributed by atoms with Gasteiger partial charge < -0.3 is 28.5 Å². The van der Waals surface area contributed by atoms with E-state index in [-0.39, 0.29) is 25.4 Å². The summed E-state index contributed by atoms with van der Waals surface area (Å²) in [5, 5.41) is 3.00. The Morgan fingerprint density at radius 3 is 1.28 bits per heavy atom. The molecule has 0 rings (SSSR count). The summed E-state index contributed by atoms with van der Waals surface area (Å²) in [5.74, 6) is -0.654. The van der Waals surface area contributed by atoms with E-state index >= 15 is 0 Å². The van der Waals surface area contributed by atoms with Crippen molar-refractivity contribution < 1.29 is 37.3 Å². The molecule has 0 saturated carbocycles. The predicted molar refractivity (Wildman–Crippen MR) is 334 cm³/mol. The Balaban J connectivity index is 5.37. The van der Waals surface area contributed by atoms with E-state index in [9.17, 15) is 19.0 Å². The van der Waals surface area contributed by atoms with Gasteiger partial charge in [-0.1, -0.05) is 245 Å². The quantitative estimate of drug-likeness (QED) is 0.0212. The fraction of sp³-hybridized carbons (Fsp3) is 0.676. The van der Waals surface area contributed by atoms with Gasteiger partial charge in [-0.15, -0.1) is 0 Å². The number of quaternary nitrogens is 1. The van der Waals surface area contributed by atoms with Crippen molar-refractivity contribution in [2.45, 2.75) is 258 Å². The third kappa shape index (κ3) is 57.1. The van der Waals surface area contributed by atoms with Crippen molar-refractivity contribution in [1.82, 2.24) is 5.32 Å². The number of nitrogens with zero attached hydrogens (tertiary/aromatic N) is 1. The maximum absolute atomic E-state index is 13.5. The van der Waals surface area contributed by atoms with Crippen molar-refractivity contribution in [3.8, 4) is 0 Å². The third-order valence-electron chi connectivity index (χ3n) is 13.1. The lowest BCUT2D eigenvalue weighted by Gasteiger charge is -2.30. The number of likely N-dealkylation sites (N-methyl/N-ethyl adjacent to an activating group) is 1. The highest BCUT2D eigenvalue weighted by molar-refractivity contribution is 7.45. The van der Waals surface area contributed by atoms with Crippen molar-refractivity contribution in [2.75, 3.05) is 40.9 Å². The fourth-order valence-electron chi connectivity index (χ4n) is 8.32. The predicted octanol–water partition coefficient (Wildman–Crippen LogP) is 18.9. The van der Waals surface area contributed by atoms with Crippen LogP contribution in [0.15, 0.2) is 122 Å². The van der Waals surface area contributed by atoms with Crippen LogP contribution >= 0.6 is 7.82 Å². The second-order valence-electron chi connectivity index (χ2n) is 21.8. The summed E-state index contributed by atoms with van der Waals surface area (Å²) in [6, 6.07) is -0.931. The molecule has 0 aliphatic rings. The molecular weight excluding hydrogens is 988 g/mol. The van der Waals surface area contributed by atoms with Crippen LogP contribution in [0.5, 0.6) is 0 Å². The molecule has 3 unspecified atom stereocenters. The zero-order chi connectivity index (χ0) is 57.2. The maximum Gasteiger partial charge on any atom is 0.306 e. The van der Waals surface area contributed by atoms with E-state index in [4.69, 9.17) is 13.8 Å². The molecule has 78 heavy (non-hydrogen) atoms. The molecule has 0 heterocycles. The molecule has 0 spiro atoms. The van der Waals surface area contributed by atoms with Crippen LogP contribution in [0.4, 0.5) is 0 Å². The Kier molecular flexibility index (Phi) is 54.1. The Bertz CT molecular complexity index is 1750. The molecule has 1 amide bonds. The van der Waals surface area contributed by atoms with Crippen LogP contribution in [-0.4, -0.2) is 69.4 Å². The summed E-state index contributed by atoms with van der Waals surface area (Å²) < 4.78 is 30.2. The number of ether oxygens (including phenoxy) is 1. The van der Waals surface area contributed by atoms with Gasteiger partial charge in [0.15, 0.2) is 0 Å². The number of carbonyl (C=O) groups is 2. The molecule has 0 aromatic rings. The molecule has 446 valence electrons. The summed E-state index contributed by atoms with van der Waals surface area (Å²) in [6.45, 7) is 6.63. The van der Waals surface area contributed by atoms with E-state index in [1.807, 2.05) is 39.4 Å². The van der Waals surface area contributed by atoms with E-state index in [1.165, 1.54) is 103 Å². The van der Waals surface area contributed by atoms with Gasteiger partial charge in [0.05, 0.1) is 33.8 Å². The molecule has 0 aromatic carbocycles. The summed E-state index contributed by atoms with van der Waals surface area (Å²) in [4.78, 5) is 40.0. The van der Waals surface area contributed by atoms with Crippen molar-refractivity contribution in [3.63, 3.8) is 0 Å². The minimum Gasteiger partial charge on any atom is -0.756 e. The van der Waals surface area contributed by atoms with E-state index in [0.29, 0.717) is 23.9 Å². The van der Waals surface area contributed by atoms with Gasteiger partial charge >= 0.3 is 5.97 Å². The molecular formula is C68H117N2O7P. The van der Waals surface area contributed by atoms with Gasteiger partial charge in [0, 0.05) is 12.8 Å². The van der Waals surface area contributed by atoms with E-state index in [1.54, 1.807) is 6.08 Å². The summed E-state index contributed by atoms with van der Waals surface area (Å²) in [6.07, 6.45) is 78.9. The number of esters is 1. The van der Waals surface area contributed by atoms with Gasteiger partial charge in [-0.05, 0) is 109 Å². The molecule has 0 aliphatic heterocycles. The van der Waals surface area contributed by atoms with Gasteiger partial charge in [-0.3, -0.25) is 14.2 Å². The van der Waals surface area contributed by atoms with Crippen molar-refractivity contribution in [1.29, 1.82) is 0 Å². The second-order valence-corrected chi connectivity index (χ2v) is 23.2. The first-order valence-electron chi connectivity index (χ1n) is 31.3. The molecule has 0 radical (unpaired) electrons. The number of phosphoric ester groups is 1. The largest absolute Gasteiger partial charge is 0.756 e. The van der Waals surface area contributed by atoms with Gasteiger partial charge in [0.1, 0.15) is 19.3 Å². The standard InChI is InChI=1S/C68H117N2O7P/c1-7-10-13-16-19-22-25-28-30-32-34-35-37-38-40-42-45-48-51-54-57-60-67(71)69-65(64-76-78(73,74)75-63-62-70(4,5)6)66(59-56-53-50-47-44-27-24-21-18-15-12-9-3)77-68(72)61-58-55-52-49-46-43-41-39-36-33-31-29-26-23-20-17-14-11-8-2/h11,14,19-20,22-23,28-31,34-36,39,43,46,52,55-56,59,65-66H,7-10,12-13,15-18,21,24-27,32-33,37-38,40-42,44-45,47-51,53-54,57-58,60-64H2,1-6H3,(H-,69,71,73,74)/b14-11-,22-19-,23-20-,30-28-,31-29-,35-34-,39-36-,46-43-,55-52-,59-56+. The maximum atomic E-state index is 13.5. The number of hydrogen-bond donors (Lipinski definition) is 1. The van der Waals surface area contributed by atoms with Crippen LogP contribution in [0.1, 0.15) is 245 Å². The second kappa shape index (κ2) is 56.7. The summed E-state index contributed by atoms with van der Waals surface area (Å²) >= 11 is 0. The lowest BCUT2D eigenvalue weighted by atomic mass is 10.0. The lowest BCUT2D eigenvalue weighted by molar-refractivity contribution is -0.870. The first kappa shape index (κ1) is 74.4. The average Bonchev–Trinajstić information content (AvgIpc) is 3.40. The molecule has 3 atom stereocenters. The number of rotatable bonds is 55. The number of allylic oxidation sites excluding steroid dienone is 19. The smallest absolute Gasteiger partial charge is 0.306 e. The van der Waals surface area contributed by atoms with Crippen LogP contribution in [0.2, 0.25) is 0 Å². The van der Waals surface area contributed by atoms with Crippen molar-refractivity contribution in [2.24, 2.45) is 0 Å². The number of hydrogen-bond acceptors (Lipinski definition) is 7. The monoisotopic (exact) mass is 1100 g/mol. The van der Waals surface area contributed by atoms with Crippen molar-refractivity contribution >= 4 is 19.7 Å². The van der Waals surface area contributed by atoms with E-state index in [2.05, 4.69) is 123 Å². The summed E-state index contributed by atoms with van der Waals surface area (Å²) in [5.41, 5.74) is 0. The zero-order valence-electron chi connectivity index (χ0n) is 50.8. The molecule has 0 saturated heterocycles. The number of amides is 1.